The number of hydrogen-bond donors (Lipinski definition) is 0. The van der Waals surface area contributed by atoms with Crippen molar-refractivity contribution in [3.63, 3.8) is 0 Å². The van der Waals surface area contributed by atoms with E-state index in [9.17, 15) is 21.0 Å². The van der Waals surface area contributed by atoms with Gasteiger partial charge in [0.15, 0.2) is 11.6 Å². The second-order valence-electron chi connectivity index (χ2n) is 30.6. The quantitative estimate of drug-likeness (QED) is 0.0207. The van der Waals surface area contributed by atoms with Crippen LogP contribution < -0.4 is 0 Å². The van der Waals surface area contributed by atoms with E-state index in [-0.39, 0.29) is 42.8 Å². The zero-order valence-corrected chi connectivity index (χ0v) is 71.5. The van der Waals surface area contributed by atoms with Crippen molar-refractivity contribution in [2.45, 2.75) is 286 Å². The molecule has 0 saturated heterocycles. The predicted molar refractivity (Wildman–Crippen MR) is 469 cm³/mol. The van der Waals surface area contributed by atoms with Crippen LogP contribution in [0.25, 0.3) is 95.4 Å². The fourth-order valence-electron chi connectivity index (χ4n) is 17.2. The summed E-state index contributed by atoms with van der Waals surface area (Å²) < 4.78 is 23.6. The minimum absolute atomic E-state index is 0.147. The van der Waals surface area contributed by atoms with E-state index in [0.29, 0.717) is 56.4 Å². The van der Waals surface area contributed by atoms with Crippen LogP contribution in [0, 0.1) is 57.2 Å². The Bertz CT molecular complexity index is 4980. The van der Waals surface area contributed by atoms with Gasteiger partial charge in [-0.1, -0.05) is 268 Å². The lowest BCUT2D eigenvalue weighted by atomic mass is 9.94. The summed E-state index contributed by atoms with van der Waals surface area (Å²) in [6.45, 7) is 15.3. The molecule has 2 aliphatic carbocycles. The van der Waals surface area contributed by atoms with Crippen molar-refractivity contribution in [3.05, 3.63) is 110 Å². The average Bonchev–Trinajstić information content (AvgIpc) is 1.50. The summed E-state index contributed by atoms with van der Waals surface area (Å²) in [7, 11) is 0. The summed E-state index contributed by atoms with van der Waals surface area (Å²) in [5.41, 5.74) is 11.4. The van der Waals surface area contributed by atoms with Gasteiger partial charge in [0.2, 0.25) is 0 Å². The lowest BCUT2D eigenvalue weighted by Crippen LogP contribution is -2.14. The maximum atomic E-state index is 15.1. The highest BCUT2D eigenvalue weighted by atomic mass is 35.5. The van der Waals surface area contributed by atoms with E-state index in [1.807, 2.05) is 34.8 Å². The molecule has 0 fully saturated rings. The number of ketones is 2. The largest absolute Gasteiger partial charge is 0.337 e. The Morgan fingerprint density at radius 1 is 0.394 bits per heavy atom. The number of carbonyl (C=O) groups is 2. The van der Waals surface area contributed by atoms with Crippen LogP contribution in [0.4, 0.5) is 0 Å². The fourth-order valence-corrected chi connectivity index (χ4v) is 24.3. The van der Waals surface area contributed by atoms with Gasteiger partial charge >= 0.3 is 0 Å². The molecule has 0 bridgehead atoms. The van der Waals surface area contributed by atoms with Crippen molar-refractivity contribution >= 4 is 210 Å². The first kappa shape index (κ1) is 82.3. The maximum Gasteiger partial charge on any atom is 0.194 e. The number of unbranched alkanes of at least 4 members (excludes halogenated alkanes) is 24. The molecule has 0 aliphatic heterocycles. The molecule has 2 atom stereocenters. The van der Waals surface area contributed by atoms with E-state index in [1.54, 1.807) is 46.9 Å². The minimum atomic E-state index is -0.288. The van der Waals surface area contributed by atoms with Crippen molar-refractivity contribution in [1.29, 1.82) is 21.0 Å². The summed E-state index contributed by atoms with van der Waals surface area (Å²) in [6, 6.07) is 15.0. The molecule has 0 N–H and O–H groups in total. The number of benzene rings is 3. The maximum absolute atomic E-state index is 15.1. The van der Waals surface area contributed by atoms with Crippen LogP contribution in [0.2, 0.25) is 20.1 Å². The minimum Gasteiger partial charge on any atom is -0.337 e. The highest BCUT2D eigenvalue weighted by Crippen LogP contribution is 2.57. The van der Waals surface area contributed by atoms with E-state index in [4.69, 9.17) is 55.2 Å². The van der Waals surface area contributed by atoms with E-state index in [1.165, 1.54) is 176 Å². The highest BCUT2D eigenvalue weighted by molar-refractivity contribution is 7.34. The van der Waals surface area contributed by atoms with Gasteiger partial charge in [0.25, 0.3) is 0 Å². The molecule has 3 aromatic carbocycles. The zero-order chi connectivity index (χ0) is 76.8. The summed E-state index contributed by atoms with van der Waals surface area (Å²) in [6.07, 6.45) is 45.1. The molecule has 7 heterocycles. The van der Waals surface area contributed by atoms with Gasteiger partial charge in [-0.3, -0.25) is 9.59 Å². The smallest absolute Gasteiger partial charge is 0.194 e. The molecule has 7 aromatic heterocycles. The summed E-state index contributed by atoms with van der Waals surface area (Å²) >= 11 is 35.3. The third-order valence-corrected chi connectivity index (χ3v) is 30.0. The second kappa shape index (κ2) is 39.0. The first-order valence-corrected chi connectivity index (χ1v) is 46.4. The van der Waals surface area contributed by atoms with E-state index >= 15 is 9.59 Å². The Kier molecular flexibility index (Phi) is 29.5. The summed E-state index contributed by atoms with van der Waals surface area (Å²) in [4.78, 5) is 32.1. The Morgan fingerprint density at radius 2 is 0.706 bits per heavy atom. The van der Waals surface area contributed by atoms with Crippen LogP contribution in [-0.2, 0) is 25.9 Å². The lowest BCUT2D eigenvalue weighted by molar-refractivity contribution is 0.103. The Balaban J connectivity index is 1.16. The van der Waals surface area contributed by atoms with Crippen molar-refractivity contribution in [2.75, 3.05) is 0 Å². The number of nitrogens with zero attached hydrogens (tertiary/aromatic N) is 8. The molecule has 19 heteroatoms. The van der Waals surface area contributed by atoms with Gasteiger partial charge in [-0.05, 0) is 122 Å². The number of allylic oxidation sites excluding steroid dienone is 6. The molecule has 0 amide bonds. The SMILES string of the molecule is CCCCCCCCCCCc1c(/C=C2\C(=O)c3cc(Cl)c(Cl)cc3C2=C(C#N)C#N)sc2c1sc1c3c4nsnc4c4c5sc6c(CCCCCCCCCCC)c(/C=C7\C(=O)c8cc(Cl)c(Cl)cc8C7=C(C#N)C#N)sc6c5n(CC(CCCC)CCCCCC)c4c3n(CC(CCCC)CCCCCC)c21. The number of rotatable bonds is 42. The number of Topliss-reactive ketones (excluding diaryl/α,β-unsaturated/α-hetero) is 2. The predicted octanol–water partition coefficient (Wildman–Crippen LogP) is 30.9. The van der Waals surface area contributed by atoms with Crippen LogP contribution in [-0.4, -0.2) is 29.4 Å². The molecule has 2 unspecified atom stereocenters. The molecule has 10 nitrogen and oxygen atoms in total. The van der Waals surface area contributed by atoms with Gasteiger partial charge in [-0.2, -0.15) is 29.8 Å². The van der Waals surface area contributed by atoms with Crippen LogP contribution in [0.15, 0.2) is 46.6 Å². The first-order chi connectivity index (χ1) is 53.2. The third kappa shape index (κ3) is 17.3. The number of halogens is 4. The normalized spacial score (nSPS) is 14.4. The van der Waals surface area contributed by atoms with E-state index < -0.39 is 0 Å². The Morgan fingerprint density at radius 3 is 1.05 bits per heavy atom. The fraction of sp³-hybridized carbons (Fsp3) is 0.511. The topological polar surface area (TPSA) is 165 Å². The molecule has 2 aliphatic rings. The highest BCUT2D eigenvalue weighted by Gasteiger charge is 2.38. The molecule has 0 saturated carbocycles. The van der Waals surface area contributed by atoms with Gasteiger partial charge < -0.3 is 9.13 Å². The summed E-state index contributed by atoms with van der Waals surface area (Å²) in [5, 5.41) is 45.9. The van der Waals surface area contributed by atoms with Crippen molar-refractivity contribution in [3.8, 4) is 24.3 Å². The van der Waals surface area contributed by atoms with Gasteiger partial charge in [-0.15, -0.1) is 45.3 Å². The number of aromatic nitrogens is 4. The number of carbonyl (C=O) groups excluding carboxylic acids is 2. The number of fused-ring (bicyclic) bond motifs is 16. The molecule has 0 spiro atoms. The lowest BCUT2D eigenvalue weighted by Gasteiger charge is -2.22. The molecular formula is C90H102Cl4N8O2S5. The first-order valence-electron chi connectivity index (χ1n) is 40.9. The number of nitriles is 4. The van der Waals surface area contributed by atoms with E-state index in [2.05, 4.69) is 75.0 Å². The second-order valence-corrected chi connectivity index (χ2v) is 36.9. The number of aryl methyl sites for hydroxylation is 2. The van der Waals surface area contributed by atoms with Gasteiger partial charge in [-0.25, -0.2) is 0 Å². The summed E-state index contributed by atoms with van der Waals surface area (Å²) in [5.74, 6) is 0.157. The molecule has 12 rings (SSSR count). The van der Waals surface area contributed by atoms with Gasteiger partial charge in [0, 0.05) is 67.0 Å². The van der Waals surface area contributed by atoms with Crippen molar-refractivity contribution in [2.24, 2.45) is 11.8 Å². The molecule has 10 aromatic rings. The van der Waals surface area contributed by atoms with Gasteiger partial charge in [0.05, 0.1) is 82.1 Å². The van der Waals surface area contributed by atoms with Crippen LogP contribution in [0.5, 0.6) is 0 Å². The van der Waals surface area contributed by atoms with Crippen molar-refractivity contribution in [1.82, 2.24) is 17.9 Å². The van der Waals surface area contributed by atoms with Crippen LogP contribution >= 0.6 is 103 Å². The van der Waals surface area contributed by atoms with Crippen LogP contribution in [0.3, 0.4) is 0 Å². The van der Waals surface area contributed by atoms with Crippen molar-refractivity contribution < 1.29 is 9.59 Å². The molecular weight excluding hydrogens is 1530 g/mol. The Hall–Kier alpha value is -6.18. The Labute approximate surface area is 684 Å². The van der Waals surface area contributed by atoms with E-state index in [0.717, 1.165) is 173 Å². The standard InChI is InChI=1S/C90H102Cl4N8O2S5/c1-7-13-19-23-25-27-29-31-35-41-59-71(47-65-73(57(49-95)50-96)61-43-67(91)69(93)45-63(61)83(65)103)105-89-81-87(107-85(59)89)75-77-78(100-109-99-77)76-80(79(75)101(81)53-55(37-17-11-5)39-33-21-15-9-3)102(54-56(38-18-12-6)40-34-22-16-10-4)82-88(76)108-86-60(42-36-32-30-28-26-24-20-14-8-2)72(106-90(82)86)48-66-74(58(51-97)52-98)62-44-68(92)70(94)46-64(62)84(66)104/h43-48,55-56H,7-42,53-54H2,1-6H3/b65-47-,66-48-. The number of thiophene rings is 4. The number of hydrogen-bond acceptors (Lipinski definition) is 13. The molecule has 572 valence electrons. The monoisotopic (exact) mass is 1630 g/mol. The molecule has 0 radical (unpaired) electrons. The molecule has 109 heavy (non-hydrogen) atoms. The third-order valence-electron chi connectivity index (χ3n) is 22.9. The zero-order valence-electron chi connectivity index (χ0n) is 64.4. The van der Waals surface area contributed by atoms with Crippen LogP contribution in [0.1, 0.15) is 313 Å². The van der Waals surface area contributed by atoms with Gasteiger partial charge in [0.1, 0.15) is 46.5 Å². The average molecular weight is 1630 g/mol.